The van der Waals surface area contributed by atoms with E-state index in [2.05, 4.69) is 17.4 Å². The van der Waals surface area contributed by atoms with Crippen LogP contribution in [-0.2, 0) is 9.53 Å². The summed E-state index contributed by atoms with van der Waals surface area (Å²) < 4.78 is 18.4. The fraction of sp³-hybridized carbons (Fsp3) is 0.567. The van der Waals surface area contributed by atoms with Gasteiger partial charge in [0.2, 0.25) is 5.91 Å². The summed E-state index contributed by atoms with van der Waals surface area (Å²) in [5.41, 5.74) is 4.16. The van der Waals surface area contributed by atoms with Crippen LogP contribution in [-0.4, -0.2) is 26.2 Å². The van der Waals surface area contributed by atoms with Crippen LogP contribution in [0.3, 0.4) is 0 Å². The average molecular weight is 478 g/mol. The Morgan fingerprint density at radius 1 is 0.914 bits per heavy atom. The number of methoxy groups -OCH3 is 2. The Kier molecular flexibility index (Phi) is 7.62. The molecule has 188 valence electrons. The molecule has 2 aliphatic carbocycles. The summed E-state index contributed by atoms with van der Waals surface area (Å²) in [5, 5.41) is 3.14. The van der Waals surface area contributed by atoms with Gasteiger partial charge in [0.25, 0.3) is 0 Å². The highest BCUT2D eigenvalue weighted by Crippen LogP contribution is 2.53. The van der Waals surface area contributed by atoms with Gasteiger partial charge in [-0.05, 0) is 55.0 Å². The van der Waals surface area contributed by atoms with Gasteiger partial charge in [-0.1, -0.05) is 57.1 Å². The van der Waals surface area contributed by atoms with Crippen molar-refractivity contribution >= 4 is 11.6 Å². The first-order valence-electron chi connectivity index (χ1n) is 13.5. The Balaban J connectivity index is 1.40. The zero-order valence-corrected chi connectivity index (χ0v) is 21.2. The van der Waals surface area contributed by atoms with Gasteiger partial charge in [0, 0.05) is 29.2 Å². The summed E-state index contributed by atoms with van der Waals surface area (Å²) in [7, 11) is 3.46. The van der Waals surface area contributed by atoms with Crippen molar-refractivity contribution < 1.29 is 19.0 Å². The minimum absolute atomic E-state index is 0.101. The summed E-state index contributed by atoms with van der Waals surface area (Å²) in [6.07, 6.45) is 12.6. The molecule has 5 heteroatoms. The van der Waals surface area contributed by atoms with E-state index in [1.807, 2.05) is 24.3 Å². The molecule has 1 N–H and O–H groups in total. The van der Waals surface area contributed by atoms with Crippen LogP contribution in [0, 0.1) is 5.92 Å². The van der Waals surface area contributed by atoms with Crippen molar-refractivity contribution in [2.24, 2.45) is 5.92 Å². The molecule has 1 amide bonds. The van der Waals surface area contributed by atoms with E-state index >= 15 is 0 Å². The van der Waals surface area contributed by atoms with Crippen molar-refractivity contribution in [3.63, 3.8) is 0 Å². The summed E-state index contributed by atoms with van der Waals surface area (Å²) in [6, 6.07) is 12.1. The Bertz CT molecular complexity index is 1030. The second kappa shape index (κ2) is 11.0. The van der Waals surface area contributed by atoms with Crippen LogP contribution in [0.5, 0.6) is 11.5 Å². The van der Waals surface area contributed by atoms with Crippen LogP contribution in [0.15, 0.2) is 36.4 Å². The van der Waals surface area contributed by atoms with Crippen LogP contribution in [0.4, 0.5) is 5.69 Å². The second-order valence-electron chi connectivity index (χ2n) is 10.5. The highest BCUT2D eigenvalue weighted by Gasteiger charge is 2.41. The summed E-state index contributed by atoms with van der Waals surface area (Å²) in [6.45, 7) is 0. The van der Waals surface area contributed by atoms with Gasteiger partial charge >= 0.3 is 0 Å². The van der Waals surface area contributed by atoms with Crippen LogP contribution < -0.4 is 14.8 Å². The first-order valence-corrected chi connectivity index (χ1v) is 13.5. The summed E-state index contributed by atoms with van der Waals surface area (Å²) in [5.74, 6) is 2.88. The third-order valence-electron chi connectivity index (χ3n) is 8.27. The van der Waals surface area contributed by atoms with Crippen LogP contribution in [0.25, 0.3) is 0 Å². The Morgan fingerprint density at radius 2 is 1.63 bits per heavy atom. The van der Waals surface area contributed by atoms with E-state index in [1.54, 1.807) is 14.2 Å². The lowest BCUT2D eigenvalue weighted by molar-refractivity contribution is -0.116. The molecule has 0 spiro atoms. The maximum atomic E-state index is 12.7. The molecule has 35 heavy (non-hydrogen) atoms. The predicted octanol–water partition coefficient (Wildman–Crippen LogP) is 7.15. The maximum Gasteiger partial charge on any atom is 0.224 e. The molecule has 0 unspecified atom stereocenters. The highest BCUT2D eigenvalue weighted by molar-refractivity contribution is 5.90. The smallest absolute Gasteiger partial charge is 0.224 e. The van der Waals surface area contributed by atoms with Gasteiger partial charge < -0.3 is 19.5 Å². The maximum absolute atomic E-state index is 12.7. The molecule has 5 rings (SSSR count). The van der Waals surface area contributed by atoms with Crippen molar-refractivity contribution in [1.82, 2.24) is 0 Å². The third-order valence-corrected chi connectivity index (χ3v) is 8.27. The first kappa shape index (κ1) is 24.2. The van der Waals surface area contributed by atoms with E-state index in [1.165, 1.54) is 50.5 Å². The molecular formula is C30H39NO4. The topological polar surface area (TPSA) is 56.8 Å². The lowest BCUT2D eigenvalue weighted by atomic mass is 9.75. The first-order chi connectivity index (χ1) is 17.2. The van der Waals surface area contributed by atoms with E-state index in [-0.39, 0.29) is 18.1 Å². The Hall–Kier alpha value is -2.53. The number of fused-ring (bicyclic) bond motifs is 3. The summed E-state index contributed by atoms with van der Waals surface area (Å²) >= 11 is 0. The Labute approximate surface area is 209 Å². The lowest BCUT2D eigenvalue weighted by Crippen LogP contribution is -2.34. The number of carbonyl (C=O) groups excluding carboxylic acids is 1. The van der Waals surface area contributed by atoms with Gasteiger partial charge in [-0.3, -0.25) is 4.79 Å². The third kappa shape index (κ3) is 5.20. The van der Waals surface area contributed by atoms with E-state index < -0.39 is 0 Å². The van der Waals surface area contributed by atoms with E-state index in [0.717, 1.165) is 47.6 Å². The normalized spacial score (nSPS) is 24.2. The van der Waals surface area contributed by atoms with E-state index in [0.29, 0.717) is 18.3 Å². The van der Waals surface area contributed by atoms with Gasteiger partial charge in [-0.25, -0.2) is 0 Å². The van der Waals surface area contributed by atoms with Crippen molar-refractivity contribution in [3.8, 4) is 11.5 Å². The summed E-state index contributed by atoms with van der Waals surface area (Å²) in [4.78, 5) is 12.7. The van der Waals surface area contributed by atoms with Gasteiger partial charge in [0.1, 0.15) is 17.6 Å². The lowest BCUT2D eigenvalue weighted by Gasteiger charge is -2.42. The molecule has 0 aromatic heterocycles. The number of ether oxygens (including phenoxy) is 3. The molecule has 3 atom stereocenters. The minimum Gasteiger partial charge on any atom is -0.496 e. The molecule has 1 heterocycles. The predicted molar refractivity (Wildman–Crippen MR) is 138 cm³/mol. The zero-order valence-electron chi connectivity index (χ0n) is 21.2. The van der Waals surface area contributed by atoms with E-state index in [4.69, 9.17) is 14.2 Å². The fourth-order valence-electron chi connectivity index (χ4n) is 6.50. The number of rotatable bonds is 7. The van der Waals surface area contributed by atoms with Crippen molar-refractivity contribution in [3.05, 3.63) is 53.1 Å². The molecule has 3 aliphatic rings. The second-order valence-corrected chi connectivity index (χ2v) is 10.5. The van der Waals surface area contributed by atoms with Crippen LogP contribution in [0.2, 0.25) is 0 Å². The molecule has 5 nitrogen and oxygen atoms in total. The molecule has 2 saturated carbocycles. The van der Waals surface area contributed by atoms with Crippen LogP contribution in [0.1, 0.15) is 99.3 Å². The number of hydrogen-bond acceptors (Lipinski definition) is 4. The number of anilines is 1. The standard InChI is InChI=1S/C30H39NO4/c1-33-25-16-17-26(34-2)29-28(25)23-13-6-7-14-24(23)35-30(29)21-11-8-12-22(19-21)31-27(32)18-15-20-9-4-3-5-10-20/h8,11-12,16-17,19-20,23-24,30H,3-7,9-10,13-15,18H2,1-2H3,(H,31,32)/t23-,24+,30+/m1/s1. The average Bonchev–Trinajstić information content (AvgIpc) is 2.91. The zero-order chi connectivity index (χ0) is 24.2. The van der Waals surface area contributed by atoms with Crippen LogP contribution >= 0.6 is 0 Å². The van der Waals surface area contributed by atoms with Crippen molar-refractivity contribution in [2.75, 3.05) is 19.5 Å². The van der Waals surface area contributed by atoms with Gasteiger partial charge in [0.15, 0.2) is 0 Å². The number of amides is 1. The fourth-order valence-corrected chi connectivity index (χ4v) is 6.50. The largest absolute Gasteiger partial charge is 0.496 e. The number of benzene rings is 2. The van der Waals surface area contributed by atoms with Crippen molar-refractivity contribution in [1.29, 1.82) is 0 Å². The number of carbonyl (C=O) groups is 1. The Morgan fingerprint density at radius 3 is 2.40 bits per heavy atom. The minimum atomic E-state index is -0.256. The quantitative estimate of drug-likeness (QED) is 0.460. The molecule has 0 saturated heterocycles. The molecule has 2 aromatic rings. The van der Waals surface area contributed by atoms with Gasteiger partial charge in [-0.15, -0.1) is 0 Å². The highest BCUT2D eigenvalue weighted by atomic mass is 16.5. The molecular weight excluding hydrogens is 438 g/mol. The van der Waals surface area contributed by atoms with Gasteiger partial charge in [-0.2, -0.15) is 0 Å². The van der Waals surface area contributed by atoms with Crippen molar-refractivity contribution in [2.45, 2.75) is 88.8 Å². The molecule has 0 bridgehead atoms. The van der Waals surface area contributed by atoms with E-state index in [9.17, 15) is 4.79 Å². The number of nitrogens with one attached hydrogen (secondary N) is 1. The van der Waals surface area contributed by atoms with Gasteiger partial charge in [0.05, 0.1) is 20.3 Å². The molecule has 0 radical (unpaired) electrons. The molecule has 2 aromatic carbocycles. The molecule has 2 fully saturated rings. The molecule has 1 aliphatic heterocycles. The number of hydrogen-bond donors (Lipinski definition) is 1. The monoisotopic (exact) mass is 477 g/mol. The SMILES string of the molecule is COc1ccc(OC)c2c1[C@H](c1cccc(NC(=O)CCC3CCCCC3)c1)O[C@H]1CCCC[C@@H]21.